The molecule has 3 rings (SSSR count). The van der Waals surface area contributed by atoms with E-state index >= 15 is 0 Å². The standard InChI is InChI=1S/C21H20N4O5S/c1-15(16-8-4-3-5-9-16)22-23-18-13-12-17(14-20(18)25(26)27)31(28,29)24-19-10-6-7-11-21(19)30-2/h3-14,23-24H,1-2H3. The van der Waals surface area contributed by atoms with Crippen molar-refractivity contribution in [2.45, 2.75) is 11.8 Å². The second kappa shape index (κ2) is 9.26. The van der Waals surface area contributed by atoms with Gasteiger partial charge in [0.25, 0.3) is 15.7 Å². The van der Waals surface area contributed by atoms with Crippen LogP contribution in [0.4, 0.5) is 17.1 Å². The predicted molar refractivity (Wildman–Crippen MR) is 119 cm³/mol. The lowest BCUT2D eigenvalue weighted by Crippen LogP contribution is -2.14. The maximum atomic E-state index is 12.8. The number of hydrogen-bond donors (Lipinski definition) is 2. The van der Waals surface area contributed by atoms with Gasteiger partial charge in [0.1, 0.15) is 11.4 Å². The van der Waals surface area contributed by atoms with Crippen molar-refractivity contribution in [3.05, 3.63) is 88.5 Å². The highest BCUT2D eigenvalue weighted by atomic mass is 32.2. The number of anilines is 2. The highest BCUT2D eigenvalue weighted by Crippen LogP contribution is 2.30. The molecule has 0 heterocycles. The smallest absolute Gasteiger partial charge is 0.295 e. The molecule has 0 unspecified atom stereocenters. The molecule has 160 valence electrons. The third-order valence-electron chi connectivity index (χ3n) is 4.36. The van der Waals surface area contributed by atoms with Crippen LogP contribution in [0.15, 0.2) is 82.8 Å². The van der Waals surface area contributed by atoms with Gasteiger partial charge in [0.15, 0.2) is 0 Å². The molecule has 3 aromatic rings. The molecule has 0 bridgehead atoms. The van der Waals surface area contributed by atoms with Gasteiger partial charge in [0.2, 0.25) is 0 Å². The van der Waals surface area contributed by atoms with Crippen LogP contribution in [-0.2, 0) is 10.0 Å². The second-order valence-corrected chi connectivity index (χ2v) is 8.10. The molecule has 0 saturated heterocycles. The summed E-state index contributed by atoms with van der Waals surface area (Å²) in [4.78, 5) is 10.6. The first-order chi connectivity index (χ1) is 14.8. The van der Waals surface area contributed by atoms with Crippen LogP contribution < -0.4 is 14.9 Å². The summed E-state index contributed by atoms with van der Waals surface area (Å²) >= 11 is 0. The number of sulfonamides is 1. The van der Waals surface area contributed by atoms with Crippen molar-refractivity contribution < 1.29 is 18.1 Å². The monoisotopic (exact) mass is 440 g/mol. The highest BCUT2D eigenvalue weighted by Gasteiger charge is 2.22. The van der Waals surface area contributed by atoms with Crippen LogP contribution in [0.25, 0.3) is 0 Å². The number of hydrazone groups is 1. The average molecular weight is 440 g/mol. The molecule has 0 fully saturated rings. The Balaban J connectivity index is 1.90. The number of ether oxygens (including phenoxy) is 1. The maximum absolute atomic E-state index is 12.8. The van der Waals surface area contributed by atoms with E-state index < -0.39 is 20.6 Å². The van der Waals surface area contributed by atoms with Gasteiger partial charge in [-0.3, -0.25) is 20.3 Å². The van der Waals surface area contributed by atoms with Crippen LogP contribution in [0.3, 0.4) is 0 Å². The Labute approximate surface area is 179 Å². The van der Waals surface area contributed by atoms with Gasteiger partial charge in [-0.25, -0.2) is 8.42 Å². The molecule has 0 spiro atoms. The fourth-order valence-corrected chi connectivity index (χ4v) is 3.83. The molecule has 31 heavy (non-hydrogen) atoms. The van der Waals surface area contributed by atoms with E-state index in [2.05, 4.69) is 15.2 Å². The SMILES string of the molecule is COc1ccccc1NS(=O)(=O)c1ccc(NN=C(C)c2ccccc2)c([N+](=O)[O-])c1. The summed E-state index contributed by atoms with van der Waals surface area (Å²) in [5, 5.41) is 15.7. The van der Waals surface area contributed by atoms with Gasteiger partial charge in [-0.15, -0.1) is 0 Å². The van der Waals surface area contributed by atoms with Crippen molar-refractivity contribution in [1.29, 1.82) is 0 Å². The zero-order valence-corrected chi connectivity index (χ0v) is 17.6. The molecular formula is C21H20N4O5S. The fraction of sp³-hybridized carbons (Fsp3) is 0.0952. The second-order valence-electron chi connectivity index (χ2n) is 6.42. The van der Waals surface area contributed by atoms with Crippen LogP contribution in [-0.4, -0.2) is 26.2 Å². The topological polar surface area (TPSA) is 123 Å². The van der Waals surface area contributed by atoms with Crippen LogP contribution in [0.5, 0.6) is 5.75 Å². The Morgan fingerprint density at radius 1 is 1.00 bits per heavy atom. The van der Waals surface area contributed by atoms with Crippen LogP contribution >= 0.6 is 0 Å². The van der Waals surface area contributed by atoms with E-state index in [4.69, 9.17) is 4.74 Å². The molecule has 9 nitrogen and oxygen atoms in total. The van der Waals surface area contributed by atoms with Crippen LogP contribution in [0, 0.1) is 10.1 Å². The molecule has 2 N–H and O–H groups in total. The summed E-state index contributed by atoms with van der Waals surface area (Å²) in [5.74, 6) is 0.324. The molecule has 0 atom stereocenters. The summed E-state index contributed by atoms with van der Waals surface area (Å²) in [7, 11) is -2.68. The van der Waals surface area contributed by atoms with E-state index in [1.165, 1.54) is 25.3 Å². The van der Waals surface area contributed by atoms with Gasteiger partial charge in [0.05, 0.1) is 28.3 Å². The molecule has 0 radical (unpaired) electrons. The van der Waals surface area contributed by atoms with Crippen LogP contribution in [0.2, 0.25) is 0 Å². The first kappa shape index (κ1) is 21.8. The Morgan fingerprint density at radius 3 is 2.35 bits per heavy atom. The molecule has 10 heteroatoms. The number of nitro benzene ring substituents is 1. The summed E-state index contributed by atoms with van der Waals surface area (Å²) in [6.45, 7) is 1.75. The molecule has 0 aromatic heterocycles. The van der Waals surface area contributed by atoms with E-state index in [9.17, 15) is 18.5 Å². The van der Waals surface area contributed by atoms with Crippen molar-refractivity contribution in [3.63, 3.8) is 0 Å². The van der Waals surface area contributed by atoms with E-state index in [1.807, 2.05) is 30.3 Å². The maximum Gasteiger partial charge on any atom is 0.295 e. The summed E-state index contributed by atoms with van der Waals surface area (Å²) in [6, 6.07) is 19.3. The van der Waals surface area contributed by atoms with Gasteiger partial charge in [-0.2, -0.15) is 5.10 Å². The number of methoxy groups -OCH3 is 1. The molecule has 0 aliphatic rings. The molecule has 0 aliphatic carbocycles. The summed E-state index contributed by atoms with van der Waals surface area (Å²) in [6.07, 6.45) is 0. The lowest BCUT2D eigenvalue weighted by molar-refractivity contribution is -0.384. The lowest BCUT2D eigenvalue weighted by Gasteiger charge is -2.12. The van der Waals surface area contributed by atoms with E-state index in [0.717, 1.165) is 11.6 Å². The fourth-order valence-electron chi connectivity index (χ4n) is 2.74. The third-order valence-corrected chi connectivity index (χ3v) is 5.73. The Morgan fingerprint density at radius 2 is 1.68 bits per heavy atom. The van der Waals surface area contributed by atoms with Gasteiger partial charge in [0, 0.05) is 6.07 Å². The number of nitrogens with one attached hydrogen (secondary N) is 2. The van der Waals surface area contributed by atoms with Gasteiger partial charge in [-0.05, 0) is 36.8 Å². The highest BCUT2D eigenvalue weighted by molar-refractivity contribution is 7.92. The minimum Gasteiger partial charge on any atom is -0.495 e. The van der Waals surface area contributed by atoms with E-state index in [0.29, 0.717) is 11.5 Å². The molecule has 0 amide bonds. The quantitative estimate of drug-likeness (QED) is 0.307. The Hall–Kier alpha value is -3.92. The van der Waals surface area contributed by atoms with Crippen molar-refractivity contribution >= 4 is 32.8 Å². The number of hydrogen-bond acceptors (Lipinski definition) is 7. The van der Waals surface area contributed by atoms with Crippen molar-refractivity contribution in [3.8, 4) is 5.75 Å². The minimum atomic E-state index is -4.09. The number of nitro groups is 1. The van der Waals surface area contributed by atoms with Crippen molar-refractivity contribution in [2.24, 2.45) is 5.10 Å². The zero-order valence-electron chi connectivity index (χ0n) is 16.8. The van der Waals surface area contributed by atoms with E-state index in [-0.39, 0.29) is 16.3 Å². The average Bonchev–Trinajstić information content (AvgIpc) is 2.78. The molecule has 3 aromatic carbocycles. The Kier molecular flexibility index (Phi) is 6.51. The first-order valence-electron chi connectivity index (χ1n) is 9.12. The number of para-hydroxylation sites is 2. The lowest BCUT2D eigenvalue weighted by atomic mass is 10.1. The third kappa shape index (κ3) is 5.17. The Bertz CT molecular complexity index is 1230. The number of nitrogens with zero attached hydrogens (tertiary/aromatic N) is 2. The predicted octanol–water partition coefficient (Wildman–Crippen LogP) is 4.24. The minimum absolute atomic E-state index is 0.0662. The van der Waals surface area contributed by atoms with Crippen molar-refractivity contribution in [2.75, 3.05) is 17.3 Å². The normalized spacial score (nSPS) is 11.6. The summed E-state index contributed by atoms with van der Waals surface area (Å²) < 4.78 is 33.1. The first-order valence-corrected chi connectivity index (χ1v) is 10.6. The van der Waals surface area contributed by atoms with Gasteiger partial charge < -0.3 is 4.74 Å². The largest absolute Gasteiger partial charge is 0.495 e. The summed E-state index contributed by atoms with van der Waals surface area (Å²) in [5.41, 5.74) is 3.97. The molecule has 0 aliphatic heterocycles. The molecule has 0 saturated carbocycles. The zero-order chi connectivity index (χ0) is 22.4. The molecular weight excluding hydrogens is 420 g/mol. The van der Waals surface area contributed by atoms with E-state index in [1.54, 1.807) is 25.1 Å². The van der Waals surface area contributed by atoms with Crippen molar-refractivity contribution in [1.82, 2.24) is 0 Å². The van der Waals surface area contributed by atoms with Gasteiger partial charge in [-0.1, -0.05) is 42.5 Å². The van der Waals surface area contributed by atoms with Crippen LogP contribution in [0.1, 0.15) is 12.5 Å². The number of rotatable bonds is 8. The number of benzene rings is 3. The van der Waals surface area contributed by atoms with Gasteiger partial charge >= 0.3 is 0 Å².